The van der Waals surface area contributed by atoms with E-state index in [4.69, 9.17) is 9.47 Å². The predicted molar refractivity (Wildman–Crippen MR) is 153 cm³/mol. The molecule has 31 heavy (non-hydrogen) atoms. The van der Waals surface area contributed by atoms with Crippen LogP contribution in [0.4, 0.5) is 0 Å². The molecule has 2 rings (SSSR count). The van der Waals surface area contributed by atoms with Crippen molar-refractivity contribution >= 4 is 95.6 Å². The van der Waals surface area contributed by atoms with Crippen molar-refractivity contribution in [3.63, 3.8) is 0 Å². The van der Waals surface area contributed by atoms with Crippen molar-refractivity contribution in [1.29, 1.82) is 0 Å². The standard InChI is InChI=1S/C23H26Br6O2/c1-11(24)13(3)30-21-17(26)7-15(8-18(21)27)23(5,6)16-9-19(28)22(20(29)10-16)31-14(4)12(2)25/h7-14H,1-6H3. The second-order valence-electron chi connectivity index (χ2n) is 8.16. The van der Waals surface area contributed by atoms with Crippen LogP contribution in [0.3, 0.4) is 0 Å². The zero-order valence-electron chi connectivity index (χ0n) is 18.2. The van der Waals surface area contributed by atoms with Crippen LogP contribution in [0.2, 0.25) is 0 Å². The fourth-order valence-electron chi connectivity index (χ4n) is 2.79. The third-order valence-electron chi connectivity index (χ3n) is 5.34. The quantitative estimate of drug-likeness (QED) is 0.247. The molecule has 4 atom stereocenters. The van der Waals surface area contributed by atoms with Crippen LogP contribution in [0.25, 0.3) is 0 Å². The molecule has 0 aliphatic carbocycles. The molecule has 0 saturated heterocycles. The zero-order valence-corrected chi connectivity index (χ0v) is 27.7. The highest BCUT2D eigenvalue weighted by atomic mass is 79.9. The van der Waals surface area contributed by atoms with Crippen LogP contribution >= 0.6 is 95.6 Å². The van der Waals surface area contributed by atoms with Crippen LogP contribution in [0.15, 0.2) is 42.2 Å². The maximum Gasteiger partial charge on any atom is 0.148 e. The van der Waals surface area contributed by atoms with Gasteiger partial charge in [0.05, 0.1) is 17.9 Å². The van der Waals surface area contributed by atoms with Gasteiger partial charge in [0.15, 0.2) is 0 Å². The van der Waals surface area contributed by atoms with E-state index in [2.05, 4.69) is 148 Å². The SMILES string of the molecule is CC(Br)C(C)Oc1c(Br)cc(C(C)(C)c2cc(Br)c(OC(C)C(C)Br)c(Br)c2)cc1Br. The summed E-state index contributed by atoms with van der Waals surface area (Å²) in [6.07, 6.45) is 0.0751. The van der Waals surface area contributed by atoms with Crippen LogP contribution in [0, 0.1) is 0 Å². The van der Waals surface area contributed by atoms with Gasteiger partial charge in [-0.1, -0.05) is 45.7 Å². The molecule has 2 aromatic rings. The Labute approximate surface area is 236 Å². The van der Waals surface area contributed by atoms with Crippen molar-refractivity contribution in [2.45, 2.75) is 68.8 Å². The Kier molecular flexibility index (Phi) is 10.5. The molecule has 0 saturated carbocycles. The molecular formula is C23H26Br6O2. The van der Waals surface area contributed by atoms with E-state index in [1.54, 1.807) is 0 Å². The number of rotatable bonds is 8. The molecule has 172 valence electrons. The van der Waals surface area contributed by atoms with Gasteiger partial charge in [0.2, 0.25) is 0 Å². The lowest BCUT2D eigenvalue weighted by Gasteiger charge is -2.29. The van der Waals surface area contributed by atoms with Crippen LogP contribution in [0.1, 0.15) is 52.7 Å². The first-order valence-corrected chi connectivity index (χ1v) is 14.9. The highest BCUT2D eigenvalue weighted by Crippen LogP contribution is 2.44. The highest BCUT2D eigenvalue weighted by Gasteiger charge is 2.28. The number of hydrogen-bond donors (Lipinski definition) is 0. The second kappa shape index (κ2) is 11.6. The van der Waals surface area contributed by atoms with Gasteiger partial charge in [-0.2, -0.15) is 0 Å². The van der Waals surface area contributed by atoms with Crippen LogP contribution in [-0.2, 0) is 5.41 Å². The molecule has 0 fully saturated rings. The Hall–Kier alpha value is 0.920. The summed E-state index contributed by atoms with van der Waals surface area (Å²) in [5.41, 5.74) is 2.07. The van der Waals surface area contributed by atoms with Gasteiger partial charge in [0.25, 0.3) is 0 Å². The molecule has 2 aromatic carbocycles. The second-order valence-corrected chi connectivity index (χ2v) is 14.5. The summed E-state index contributed by atoms with van der Waals surface area (Å²) in [6, 6.07) is 8.53. The predicted octanol–water partition coefficient (Wildman–Crippen LogP) is 10.2. The molecule has 0 radical (unpaired) electrons. The lowest BCUT2D eigenvalue weighted by Crippen LogP contribution is -2.23. The van der Waals surface area contributed by atoms with Crippen LogP contribution in [0.5, 0.6) is 11.5 Å². The largest absolute Gasteiger partial charge is 0.487 e. The van der Waals surface area contributed by atoms with Gasteiger partial charge in [-0.05, 0) is 127 Å². The minimum absolute atomic E-state index is 0.0375. The summed E-state index contributed by atoms with van der Waals surface area (Å²) in [5.74, 6) is 1.62. The topological polar surface area (TPSA) is 18.5 Å². The summed E-state index contributed by atoms with van der Waals surface area (Å²) in [6.45, 7) is 12.7. The van der Waals surface area contributed by atoms with E-state index in [0.29, 0.717) is 0 Å². The third kappa shape index (κ3) is 6.97. The van der Waals surface area contributed by atoms with Crippen LogP contribution < -0.4 is 9.47 Å². The van der Waals surface area contributed by atoms with Crippen molar-refractivity contribution in [3.05, 3.63) is 53.3 Å². The van der Waals surface area contributed by atoms with Crippen molar-refractivity contribution in [2.24, 2.45) is 0 Å². The fraction of sp³-hybridized carbons (Fsp3) is 0.478. The van der Waals surface area contributed by atoms with E-state index < -0.39 is 0 Å². The highest BCUT2D eigenvalue weighted by molar-refractivity contribution is 9.11. The number of hydrogen-bond acceptors (Lipinski definition) is 2. The Balaban J connectivity index is 2.43. The normalized spacial score (nSPS) is 15.9. The first-order chi connectivity index (χ1) is 14.2. The summed E-state index contributed by atoms with van der Waals surface area (Å²) < 4.78 is 16.0. The molecule has 2 nitrogen and oxygen atoms in total. The fourth-order valence-corrected chi connectivity index (χ4v) is 5.76. The molecule has 0 aromatic heterocycles. The minimum atomic E-state index is -0.254. The first-order valence-electron chi connectivity index (χ1n) is 9.86. The lowest BCUT2D eigenvalue weighted by atomic mass is 9.78. The van der Waals surface area contributed by atoms with Gasteiger partial charge in [0, 0.05) is 15.1 Å². The van der Waals surface area contributed by atoms with Crippen molar-refractivity contribution in [1.82, 2.24) is 0 Å². The molecule has 0 amide bonds. The Morgan fingerprint density at radius 2 is 0.871 bits per heavy atom. The van der Waals surface area contributed by atoms with Gasteiger partial charge in [-0.15, -0.1) is 0 Å². The molecule has 0 N–H and O–H groups in total. The lowest BCUT2D eigenvalue weighted by molar-refractivity contribution is 0.222. The van der Waals surface area contributed by atoms with Crippen molar-refractivity contribution in [3.8, 4) is 11.5 Å². The number of alkyl halides is 2. The van der Waals surface area contributed by atoms with Gasteiger partial charge >= 0.3 is 0 Å². The molecule has 4 unspecified atom stereocenters. The molecule has 0 heterocycles. The van der Waals surface area contributed by atoms with Crippen molar-refractivity contribution in [2.75, 3.05) is 0 Å². The molecular weight excluding hydrogens is 788 g/mol. The van der Waals surface area contributed by atoms with E-state index in [9.17, 15) is 0 Å². The first kappa shape index (κ1) is 28.2. The average molecular weight is 814 g/mol. The monoisotopic (exact) mass is 808 g/mol. The van der Waals surface area contributed by atoms with Gasteiger partial charge in [0.1, 0.15) is 23.7 Å². The van der Waals surface area contributed by atoms with Gasteiger partial charge < -0.3 is 9.47 Å². The summed E-state index contributed by atoms with van der Waals surface area (Å²) in [5, 5.41) is 0. The summed E-state index contributed by atoms with van der Waals surface area (Å²) in [7, 11) is 0. The van der Waals surface area contributed by atoms with Crippen LogP contribution in [-0.4, -0.2) is 21.9 Å². The summed E-state index contributed by atoms with van der Waals surface area (Å²) >= 11 is 22.0. The smallest absolute Gasteiger partial charge is 0.148 e. The number of halogens is 6. The maximum atomic E-state index is 6.14. The molecule has 0 aliphatic rings. The van der Waals surface area contributed by atoms with E-state index >= 15 is 0 Å². The number of benzene rings is 2. The van der Waals surface area contributed by atoms with Crippen molar-refractivity contribution < 1.29 is 9.47 Å². The van der Waals surface area contributed by atoms with Gasteiger partial charge in [-0.25, -0.2) is 0 Å². The average Bonchev–Trinajstić information content (AvgIpc) is 2.66. The van der Waals surface area contributed by atoms with Gasteiger partial charge in [-0.3, -0.25) is 0 Å². The zero-order chi connectivity index (χ0) is 23.7. The Morgan fingerprint density at radius 1 is 0.613 bits per heavy atom. The Morgan fingerprint density at radius 3 is 1.10 bits per heavy atom. The van der Waals surface area contributed by atoms with E-state index in [1.165, 1.54) is 0 Å². The molecule has 0 spiro atoms. The molecule has 0 bridgehead atoms. The maximum absolute atomic E-state index is 6.14. The summed E-state index contributed by atoms with van der Waals surface area (Å²) in [4.78, 5) is 0.487. The molecule has 8 heteroatoms. The molecule has 0 aliphatic heterocycles. The number of ether oxygens (including phenoxy) is 2. The minimum Gasteiger partial charge on any atom is -0.487 e. The van der Waals surface area contributed by atoms with E-state index in [0.717, 1.165) is 40.5 Å². The van der Waals surface area contributed by atoms with E-state index in [-0.39, 0.29) is 27.3 Å². The van der Waals surface area contributed by atoms with E-state index in [1.807, 2.05) is 13.8 Å². The third-order valence-corrected chi connectivity index (χ3v) is 9.19. The Bertz CT molecular complexity index is 807.